The number of terminal acetylenes is 1. The molecular weight excluding hydrogens is 334 g/mol. The number of anilines is 2. The minimum absolute atomic E-state index is 0.121. The summed E-state index contributed by atoms with van der Waals surface area (Å²) in [5, 5.41) is 9.13. The zero-order valence-electron chi connectivity index (χ0n) is 16.5. The third-order valence-electron chi connectivity index (χ3n) is 5.82. The van der Waals surface area contributed by atoms with Crippen LogP contribution in [-0.2, 0) is 10.8 Å². The number of hydrogen-bond acceptors (Lipinski definition) is 2. The van der Waals surface area contributed by atoms with E-state index < -0.39 is 5.97 Å². The molecule has 0 saturated heterocycles. The molecule has 0 bridgehead atoms. The molecule has 1 aliphatic rings. The van der Waals surface area contributed by atoms with Crippen LogP contribution in [0.2, 0.25) is 0 Å². The molecule has 0 saturated carbocycles. The van der Waals surface area contributed by atoms with Crippen molar-refractivity contribution in [3.05, 3.63) is 59.2 Å². The van der Waals surface area contributed by atoms with E-state index in [1.807, 2.05) is 12.1 Å². The topological polar surface area (TPSA) is 40.5 Å². The lowest BCUT2D eigenvalue weighted by Crippen LogP contribution is -2.34. The lowest BCUT2D eigenvalue weighted by Gasteiger charge is -2.42. The van der Waals surface area contributed by atoms with E-state index in [0.717, 1.165) is 17.8 Å². The summed E-state index contributed by atoms with van der Waals surface area (Å²) in [5.41, 5.74) is 5.28. The van der Waals surface area contributed by atoms with Gasteiger partial charge in [-0.1, -0.05) is 39.7 Å². The molecule has 0 radical (unpaired) electrons. The summed E-state index contributed by atoms with van der Waals surface area (Å²) in [6.07, 6.45) is 7.96. The second-order valence-corrected chi connectivity index (χ2v) is 8.64. The maximum Gasteiger partial charge on any atom is 0.335 e. The van der Waals surface area contributed by atoms with Gasteiger partial charge in [0.2, 0.25) is 0 Å². The number of carboxylic acids is 1. The fraction of sp³-hybridized carbons (Fsp3) is 0.375. The molecule has 0 unspecified atom stereocenters. The van der Waals surface area contributed by atoms with E-state index in [1.165, 1.54) is 17.5 Å². The highest BCUT2D eigenvalue weighted by atomic mass is 16.4. The minimum Gasteiger partial charge on any atom is -0.478 e. The Bertz CT molecular complexity index is 901. The SMILES string of the molecule is C#CCN(c1ccc(C(=O)O)cc1)c1ccc2c(c1)C(C)(C)CCC2(C)C. The Balaban J connectivity index is 2.07. The summed E-state index contributed by atoms with van der Waals surface area (Å²) in [5.74, 6) is 1.80. The largest absolute Gasteiger partial charge is 0.478 e. The van der Waals surface area contributed by atoms with Gasteiger partial charge in [0, 0.05) is 11.4 Å². The van der Waals surface area contributed by atoms with Crippen molar-refractivity contribution < 1.29 is 9.90 Å². The van der Waals surface area contributed by atoms with Gasteiger partial charge in [0.15, 0.2) is 0 Å². The monoisotopic (exact) mass is 361 g/mol. The third kappa shape index (κ3) is 3.57. The zero-order valence-corrected chi connectivity index (χ0v) is 16.5. The predicted molar refractivity (Wildman–Crippen MR) is 111 cm³/mol. The molecule has 0 amide bonds. The third-order valence-corrected chi connectivity index (χ3v) is 5.82. The second-order valence-electron chi connectivity index (χ2n) is 8.64. The number of nitrogens with zero attached hydrogens (tertiary/aromatic N) is 1. The van der Waals surface area contributed by atoms with E-state index in [2.05, 4.69) is 56.7 Å². The van der Waals surface area contributed by atoms with Gasteiger partial charge in [-0.25, -0.2) is 4.79 Å². The summed E-state index contributed by atoms with van der Waals surface area (Å²) >= 11 is 0. The fourth-order valence-corrected chi connectivity index (χ4v) is 3.95. The van der Waals surface area contributed by atoms with E-state index in [0.29, 0.717) is 6.54 Å². The normalized spacial score (nSPS) is 16.9. The number of hydrogen-bond donors (Lipinski definition) is 1. The van der Waals surface area contributed by atoms with Crippen LogP contribution in [0.4, 0.5) is 11.4 Å². The van der Waals surface area contributed by atoms with E-state index >= 15 is 0 Å². The van der Waals surface area contributed by atoms with Crippen LogP contribution in [0.25, 0.3) is 0 Å². The number of rotatable bonds is 4. The van der Waals surface area contributed by atoms with Crippen molar-refractivity contribution in [2.45, 2.75) is 51.4 Å². The van der Waals surface area contributed by atoms with Gasteiger partial charge in [-0.2, -0.15) is 0 Å². The molecule has 3 rings (SSSR count). The molecule has 3 nitrogen and oxygen atoms in total. The summed E-state index contributed by atoms with van der Waals surface area (Å²) in [6, 6.07) is 13.5. The van der Waals surface area contributed by atoms with Crippen LogP contribution in [0, 0.1) is 12.3 Å². The minimum atomic E-state index is -0.928. The first-order chi connectivity index (χ1) is 12.7. The van der Waals surface area contributed by atoms with Gasteiger partial charge in [0.25, 0.3) is 0 Å². The van der Waals surface area contributed by atoms with E-state index in [9.17, 15) is 4.79 Å². The molecule has 2 aromatic carbocycles. The van der Waals surface area contributed by atoms with Gasteiger partial charge >= 0.3 is 5.97 Å². The molecule has 0 aromatic heterocycles. The number of benzene rings is 2. The van der Waals surface area contributed by atoms with Crippen molar-refractivity contribution in [2.24, 2.45) is 0 Å². The van der Waals surface area contributed by atoms with Crippen LogP contribution in [-0.4, -0.2) is 17.6 Å². The molecule has 0 fully saturated rings. The van der Waals surface area contributed by atoms with Gasteiger partial charge in [-0.15, -0.1) is 6.42 Å². The van der Waals surface area contributed by atoms with E-state index in [-0.39, 0.29) is 16.4 Å². The number of carbonyl (C=O) groups is 1. The lowest BCUT2D eigenvalue weighted by atomic mass is 9.63. The highest BCUT2D eigenvalue weighted by Gasteiger charge is 2.37. The maximum absolute atomic E-state index is 11.1. The van der Waals surface area contributed by atoms with Gasteiger partial charge in [0.1, 0.15) is 0 Å². The molecule has 2 aromatic rings. The summed E-state index contributed by atoms with van der Waals surface area (Å²) < 4.78 is 0. The van der Waals surface area contributed by atoms with Crippen LogP contribution in [0.1, 0.15) is 62.0 Å². The van der Waals surface area contributed by atoms with Crippen LogP contribution in [0.3, 0.4) is 0 Å². The van der Waals surface area contributed by atoms with Crippen molar-refractivity contribution in [3.8, 4) is 12.3 Å². The summed E-state index contributed by atoms with van der Waals surface area (Å²) in [4.78, 5) is 13.2. The Hall–Kier alpha value is -2.73. The molecule has 3 heteroatoms. The number of carboxylic acid groups (broad SMARTS) is 1. The highest BCUT2D eigenvalue weighted by Crippen LogP contribution is 2.47. The molecule has 0 aliphatic heterocycles. The lowest BCUT2D eigenvalue weighted by molar-refractivity contribution is 0.0697. The summed E-state index contributed by atoms with van der Waals surface area (Å²) in [7, 11) is 0. The van der Waals surface area contributed by atoms with E-state index in [1.54, 1.807) is 12.1 Å². The number of aromatic carboxylic acids is 1. The Morgan fingerprint density at radius 3 is 2.11 bits per heavy atom. The Kier molecular flexibility index (Phi) is 4.78. The van der Waals surface area contributed by atoms with Gasteiger partial charge in [-0.3, -0.25) is 0 Å². The van der Waals surface area contributed by atoms with Gasteiger partial charge in [0.05, 0.1) is 12.1 Å². The summed E-state index contributed by atoms with van der Waals surface area (Å²) in [6.45, 7) is 9.65. The quantitative estimate of drug-likeness (QED) is 0.731. The van der Waals surface area contributed by atoms with E-state index in [4.69, 9.17) is 11.5 Å². The average Bonchev–Trinajstić information content (AvgIpc) is 2.63. The molecule has 1 aliphatic carbocycles. The molecule has 0 heterocycles. The fourth-order valence-electron chi connectivity index (χ4n) is 3.95. The average molecular weight is 361 g/mol. The first-order valence-electron chi connectivity index (χ1n) is 9.35. The smallest absolute Gasteiger partial charge is 0.335 e. The zero-order chi connectivity index (χ0) is 19.8. The molecule has 0 atom stereocenters. The van der Waals surface area contributed by atoms with Gasteiger partial charge in [-0.05, 0) is 71.2 Å². The van der Waals surface area contributed by atoms with Crippen molar-refractivity contribution in [1.29, 1.82) is 0 Å². The van der Waals surface area contributed by atoms with Crippen molar-refractivity contribution in [3.63, 3.8) is 0 Å². The predicted octanol–water partition coefficient (Wildman–Crippen LogP) is 5.51. The van der Waals surface area contributed by atoms with Crippen molar-refractivity contribution >= 4 is 17.3 Å². The second kappa shape index (κ2) is 6.78. The van der Waals surface area contributed by atoms with Crippen LogP contribution in [0.5, 0.6) is 0 Å². The van der Waals surface area contributed by atoms with Crippen molar-refractivity contribution in [1.82, 2.24) is 0 Å². The Morgan fingerprint density at radius 1 is 1.00 bits per heavy atom. The van der Waals surface area contributed by atoms with Crippen LogP contribution >= 0.6 is 0 Å². The Morgan fingerprint density at radius 2 is 1.56 bits per heavy atom. The standard InChI is InChI=1S/C24H27NO2/c1-6-15-25(18-9-7-17(8-10-18)22(26)27)19-11-12-20-21(16-19)24(4,5)14-13-23(20,2)3/h1,7-12,16H,13-15H2,2-5H3,(H,26,27). The highest BCUT2D eigenvalue weighted by molar-refractivity contribution is 5.88. The number of fused-ring (bicyclic) bond motifs is 1. The van der Waals surface area contributed by atoms with Crippen LogP contribution < -0.4 is 4.90 Å². The molecular formula is C24H27NO2. The molecule has 1 N–H and O–H groups in total. The molecule has 0 spiro atoms. The Labute approximate surface area is 162 Å². The first-order valence-corrected chi connectivity index (χ1v) is 9.35. The first kappa shape index (κ1) is 19.0. The molecule has 27 heavy (non-hydrogen) atoms. The van der Waals surface area contributed by atoms with Crippen molar-refractivity contribution in [2.75, 3.05) is 11.4 Å². The molecule has 140 valence electrons. The van der Waals surface area contributed by atoms with Crippen LogP contribution in [0.15, 0.2) is 42.5 Å². The van der Waals surface area contributed by atoms with Gasteiger partial charge < -0.3 is 10.0 Å². The maximum atomic E-state index is 11.1.